The molecule has 134 valence electrons. The standard InChI is InChI=1S/C21H26O4/c1-2-3-4-5-6-15-25-21(24)20(16-7-11-18(22)12-8-16)17-9-13-19(23)14-10-17/h7-14,20,22-23H,2-6,15H2,1H3. The highest BCUT2D eigenvalue weighted by Gasteiger charge is 2.24. The molecule has 25 heavy (non-hydrogen) atoms. The zero-order valence-corrected chi connectivity index (χ0v) is 14.6. The molecule has 0 aromatic heterocycles. The van der Waals surface area contributed by atoms with E-state index in [2.05, 4.69) is 6.92 Å². The summed E-state index contributed by atoms with van der Waals surface area (Å²) in [6, 6.07) is 13.1. The summed E-state index contributed by atoms with van der Waals surface area (Å²) in [4.78, 5) is 12.7. The molecule has 0 fully saturated rings. The highest BCUT2D eigenvalue weighted by atomic mass is 16.5. The molecule has 0 spiro atoms. The number of carbonyl (C=O) groups is 1. The first kappa shape index (κ1) is 18.8. The van der Waals surface area contributed by atoms with Gasteiger partial charge in [0.2, 0.25) is 0 Å². The average molecular weight is 342 g/mol. The van der Waals surface area contributed by atoms with Gasteiger partial charge in [-0.25, -0.2) is 0 Å². The molecular weight excluding hydrogens is 316 g/mol. The van der Waals surface area contributed by atoms with Gasteiger partial charge in [-0.05, 0) is 41.8 Å². The Morgan fingerprint density at radius 2 is 1.32 bits per heavy atom. The quantitative estimate of drug-likeness (QED) is 0.510. The van der Waals surface area contributed by atoms with Crippen LogP contribution in [-0.2, 0) is 9.53 Å². The molecule has 2 aromatic rings. The molecule has 0 bridgehead atoms. The van der Waals surface area contributed by atoms with Crippen molar-refractivity contribution in [1.82, 2.24) is 0 Å². The molecule has 2 rings (SSSR count). The minimum atomic E-state index is -0.572. The summed E-state index contributed by atoms with van der Waals surface area (Å²) >= 11 is 0. The molecule has 0 radical (unpaired) electrons. The predicted molar refractivity (Wildman–Crippen MR) is 97.8 cm³/mol. The molecule has 4 nitrogen and oxygen atoms in total. The van der Waals surface area contributed by atoms with Crippen molar-refractivity contribution in [3.8, 4) is 11.5 Å². The topological polar surface area (TPSA) is 66.8 Å². The van der Waals surface area contributed by atoms with Crippen LogP contribution >= 0.6 is 0 Å². The fourth-order valence-corrected chi connectivity index (χ4v) is 2.76. The number of esters is 1. The molecule has 0 amide bonds. The van der Waals surface area contributed by atoms with Crippen molar-refractivity contribution in [2.45, 2.75) is 44.9 Å². The molecule has 0 unspecified atom stereocenters. The maximum atomic E-state index is 12.7. The van der Waals surface area contributed by atoms with E-state index in [0.29, 0.717) is 6.61 Å². The summed E-state index contributed by atoms with van der Waals surface area (Å²) in [5, 5.41) is 19.0. The molecule has 2 N–H and O–H groups in total. The van der Waals surface area contributed by atoms with Crippen LogP contribution in [0.4, 0.5) is 0 Å². The summed E-state index contributed by atoms with van der Waals surface area (Å²) in [7, 11) is 0. The lowest BCUT2D eigenvalue weighted by Crippen LogP contribution is -2.18. The second-order valence-corrected chi connectivity index (χ2v) is 6.20. The van der Waals surface area contributed by atoms with E-state index < -0.39 is 5.92 Å². The maximum Gasteiger partial charge on any atom is 0.317 e. The smallest absolute Gasteiger partial charge is 0.317 e. The second kappa shape index (κ2) is 9.72. The Morgan fingerprint density at radius 3 is 1.80 bits per heavy atom. The van der Waals surface area contributed by atoms with Crippen LogP contribution in [0, 0.1) is 0 Å². The largest absolute Gasteiger partial charge is 0.508 e. The number of hydrogen-bond acceptors (Lipinski definition) is 4. The van der Waals surface area contributed by atoms with E-state index >= 15 is 0 Å². The minimum absolute atomic E-state index is 0.150. The number of carbonyl (C=O) groups excluding carboxylic acids is 1. The van der Waals surface area contributed by atoms with Gasteiger partial charge in [0.05, 0.1) is 6.61 Å². The SMILES string of the molecule is CCCCCCCOC(=O)C(c1ccc(O)cc1)c1ccc(O)cc1. The molecule has 2 aromatic carbocycles. The zero-order chi connectivity index (χ0) is 18.1. The highest BCUT2D eigenvalue weighted by Crippen LogP contribution is 2.28. The maximum absolute atomic E-state index is 12.7. The lowest BCUT2D eigenvalue weighted by atomic mass is 9.91. The van der Waals surface area contributed by atoms with Crippen LogP contribution in [0.25, 0.3) is 0 Å². The van der Waals surface area contributed by atoms with Gasteiger partial charge >= 0.3 is 5.97 Å². The highest BCUT2D eigenvalue weighted by molar-refractivity contribution is 5.82. The first-order valence-electron chi connectivity index (χ1n) is 8.86. The van der Waals surface area contributed by atoms with Crippen molar-refractivity contribution in [2.75, 3.05) is 6.61 Å². The third kappa shape index (κ3) is 5.82. The molecular formula is C21H26O4. The van der Waals surface area contributed by atoms with Gasteiger partial charge in [0.15, 0.2) is 0 Å². The monoisotopic (exact) mass is 342 g/mol. The predicted octanol–water partition coefficient (Wildman–Crippen LogP) is 4.74. The Bertz CT molecular complexity index is 601. The molecule has 4 heteroatoms. The number of unbranched alkanes of at least 4 members (excludes halogenated alkanes) is 4. The lowest BCUT2D eigenvalue weighted by Gasteiger charge is -2.17. The summed E-state index contributed by atoms with van der Waals surface area (Å²) in [5.74, 6) is -0.585. The van der Waals surface area contributed by atoms with Crippen LogP contribution < -0.4 is 0 Å². The van der Waals surface area contributed by atoms with Crippen LogP contribution in [0.15, 0.2) is 48.5 Å². The van der Waals surface area contributed by atoms with Crippen molar-refractivity contribution >= 4 is 5.97 Å². The van der Waals surface area contributed by atoms with E-state index in [1.165, 1.54) is 12.8 Å². The van der Waals surface area contributed by atoms with Crippen LogP contribution in [0.3, 0.4) is 0 Å². The third-order valence-corrected chi connectivity index (χ3v) is 4.18. The Kier molecular flexibility index (Phi) is 7.33. The Morgan fingerprint density at radius 1 is 0.840 bits per heavy atom. The van der Waals surface area contributed by atoms with Crippen LogP contribution in [-0.4, -0.2) is 22.8 Å². The van der Waals surface area contributed by atoms with E-state index in [4.69, 9.17) is 4.74 Å². The van der Waals surface area contributed by atoms with Crippen molar-refractivity contribution in [3.05, 3.63) is 59.7 Å². The van der Waals surface area contributed by atoms with Crippen LogP contribution in [0.5, 0.6) is 11.5 Å². The Labute approximate surface area is 149 Å². The fourth-order valence-electron chi connectivity index (χ4n) is 2.76. The molecule has 0 heterocycles. The van der Waals surface area contributed by atoms with Crippen LogP contribution in [0.2, 0.25) is 0 Å². The molecule has 0 atom stereocenters. The van der Waals surface area contributed by atoms with Gasteiger partial charge < -0.3 is 14.9 Å². The summed E-state index contributed by atoms with van der Waals surface area (Å²) in [6.45, 7) is 2.58. The van der Waals surface area contributed by atoms with E-state index in [1.807, 2.05) is 0 Å². The van der Waals surface area contributed by atoms with Crippen LogP contribution in [0.1, 0.15) is 56.1 Å². The van der Waals surface area contributed by atoms with Crippen molar-refractivity contribution in [1.29, 1.82) is 0 Å². The van der Waals surface area contributed by atoms with Crippen molar-refractivity contribution in [2.24, 2.45) is 0 Å². The molecule has 0 aliphatic heterocycles. The number of aromatic hydroxyl groups is 2. The number of benzene rings is 2. The first-order chi connectivity index (χ1) is 12.1. The minimum Gasteiger partial charge on any atom is -0.508 e. The Hall–Kier alpha value is -2.49. The summed E-state index contributed by atoms with van der Waals surface area (Å²) in [5.41, 5.74) is 1.50. The molecule has 0 aliphatic rings. The average Bonchev–Trinajstić information content (AvgIpc) is 2.61. The van der Waals surface area contributed by atoms with Gasteiger partial charge in [0.25, 0.3) is 0 Å². The van der Waals surface area contributed by atoms with Gasteiger partial charge in [0, 0.05) is 0 Å². The zero-order valence-electron chi connectivity index (χ0n) is 14.6. The van der Waals surface area contributed by atoms with Gasteiger partial charge in [-0.1, -0.05) is 56.9 Å². The second-order valence-electron chi connectivity index (χ2n) is 6.20. The third-order valence-electron chi connectivity index (χ3n) is 4.18. The van der Waals surface area contributed by atoms with Gasteiger partial charge in [0.1, 0.15) is 17.4 Å². The lowest BCUT2D eigenvalue weighted by molar-refractivity contribution is -0.144. The van der Waals surface area contributed by atoms with E-state index in [-0.39, 0.29) is 17.5 Å². The summed E-state index contributed by atoms with van der Waals surface area (Å²) < 4.78 is 5.49. The normalized spacial score (nSPS) is 10.8. The van der Waals surface area contributed by atoms with Gasteiger partial charge in [-0.15, -0.1) is 0 Å². The number of phenols is 2. The van der Waals surface area contributed by atoms with Gasteiger partial charge in [-0.3, -0.25) is 4.79 Å². The first-order valence-corrected chi connectivity index (χ1v) is 8.86. The van der Waals surface area contributed by atoms with E-state index in [9.17, 15) is 15.0 Å². The van der Waals surface area contributed by atoms with Crippen molar-refractivity contribution < 1.29 is 19.7 Å². The fraction of sp³-hybridized carbons (Fsp3) is 0.381. The van der Waals surface area contributed by atoms with E-state index in [0.717, 1.165) is 30.4 Å². The molecule has 0 saturated heterocycles. The number of ether oxygens (including phenoxy) is 1. The van der Waals surface area contributed by atoms with Gasteiger partial charge in [-0.2, -0.15) is 0 Å². The van der Waals surface area contributed by atoms with Crippen molar-refractivity contribution in [3.63, 3.8) is 0 Å². The number of hydrogen-bond donors (Lipinski definition) is 2. The summed E-state index contributed by atoms with van der Waals surface area (Å²) in [6.07, 6.45) is 5.47. The molecule has 0 aliphatic carbocycles. The Balaban J connectivity index is 2.07. The molecule has 0 saturated carbocycles. The number of phenolic OH excluding ortho intramolecular Hbond substituents is 2. The number of rotatable bonds is 9. The van der Waals surface area contributed by atoms with E-state index in [1.54, 1.807) is 48.5 Å².